The maximum atomic E-state index is 10.6. The van der Waals surface area contributed by atoms with E-state index in [1.165, 1.54) is 44.5 Å². The van der Waals surface area contributed by atoms with Crippen LogP contribution in [0, 0.1) is 10.1 Å². The number of carbonyl (C=O) groups is 2. The first-order chi connectivity index (χ1) is 18.9. The van der Waals surface area contributed by atoms with Crippen molar-refractivity contribution in [1.29, 1.82) is 0 Å². The molecule has 0 spiro atoms. The Morgan fingerprint density at radius 1 is 0.513 bits per heavy atom. The lowest BCUT2D eigenvalue weighted by Crippen LogP contribution is -2.14. The largest absolute Gasteiger partial charge is 0.320 e. The molecule has 0 unspecified atom stereocenters. The molecule has 0 amide bonds. The van der Waals surface area contributed by atoms with Crippen molar-refractivity contribution >= 4 is 11.6 Å². The van der Waals surface area contributed by atoms with E-state index in [-0.39, 0.29) is 0 Å². The SMILES string of the molecule is O=C1C=CC(=O)C([N+](=O)[O-])=C1.c1cc2cc(c1)Cc1cccc(c1)Cc1cccc(c1)Cc1cccc(c1)C2. The minimum Gasteiger partial charge on any atom is -0.290 e. The van der Waals surface area contributed by atoms with Gasteiger partial charge in [-0.2, -0.15) is 0 Å². The minimum atomic E-state index is -0.871. The van der Waals surface area contributed by atoms with E-state index in [1.54, 1.807) is 0 Å². The van der Waals surface area contributed by atoms with Gasteiger partial charge in [-0.05, 0) is 82.3 Å². The highest BCUT2D eigenvalue weighted by atomic mass is 16.6. The topological polar surface area (TPSA) is 77.3 Å². The Labute approximate surface area is 227 Å². The number of nitrogens with zero attached hydrogens (tertiary/aromatic N) is 1. The van der Waals surface area contributed by atoms with Gasteiger partial charge in [-0.1, -0.05) is 97.1 Å². The van der Waals surface area contributed by atoms with E-state index < -0.39 is 22.2 Å². The summed E-state index contributed by atoms with van der Waals surface area (Å²) < 4.78 is 0. The smallest absolute Gasteiger partial charge is 0.290 e. The van der Waals surface area contributed by atoms with Crippen LogP contribution in [0.1, 0.15) is 44.5 Å². The summed E-state index contributed by atoms with van der Waals surface area (Å²) >= 11 is 0. The maximum absolute atomic E-state index is 10.6. The number of benzene rings is 4. The van der Waals surface area contributed by atoms with Crippen LogP contribution in [0.2, 0.25) is 0 Å². The summed E-state index contributed by atoms with van der Waals surface area (Å²) in [5.74, 6) is -1.27. The van der Waals surface area contributed by atoms with Crippen molar-refractivity contribution in [1.82, 2.24) is 0 Å². The van der Waals surface area contributed by atoms with Gasteiger partial charge in [-0.3, -0.25) is 19.7 Å². The molecule has 39 heavy (non-hydrogen) atoms. The van der Waals surface area contributed by atoms with Gasteiger partial charge in [0.2, 0.25) is 0 Å². The first-order valence-electron chi connectivity index (χ1n) is 12.8. The monoisotopic (exact) mass is 513 g/mol. The predicted molar refractivity (Wildman–Crippen MR) is 151 cm³/mol. The van der Waals surface area contributed by atoms with Gasteiger partial charge in [-0.25, -0.2) is 0 Å². The Morgan fingerprint density at radius 2 is 0.821 bits per heavy atom. The molecule has 2 aliphatic rings. The van der Waals surface area contributed by atoms with E-state index in [2.05, 4.69) is 97.1 Å². The number of carbonyl (C=O) groups excluding carboxylic acids is 2. The van der Waals surface area contributed by atoms with Crippen LogP contribution in [0.4, 0.5) is 0 Å². The second-order valence-corrected chi connectivity index (χ2v) is 9.87. The van der Waals surface area contributed by atoms with Crippen molar-refractivity contribution in [2.75, 3.05) is 0 Å². The second-order valence-electron chi connectivity index (χ2n) is 9.87. The van der Waals surface area contributed by atoms with Gasteiger partial charge in [0.1, 0.15) is 0 Å². The Balaban J connectivity index is 0.000000237. The van der Waals surface area contributed by atoms with Gasteiger partial charge < -0.3 is 0 Å². The van der Waals surface area contributed by atoms with Gasteiger partial charge in [-0.15, -0.1) is 0 Å². The molecule has 0 radical (unpaired) electrons. The fourth-order valence-electron chi connectivity index (χ4n) is 4.98. The lowest BCUT2D eigenvalue weighted by Gasteiger charge is -2.11. The highest BCUT2D eigenvalue weighted by molar-refractivity contribution is 6.16. The molecule has 0 aliphatic heterocycles. The van der Waals surface area contributed by atoms with Gasteiger partial charge in [0.05, 0.1) is 11.0 Å². The number of hydrogen-bond donors (Lipinski definition) is 0. The third-order valence-corrected chi connectivity index (χ3v) is 6.73. The lowest BCUT2D eigenvalue weighted by atomic mass is 9.94. The van der Waals surface area contributed by atoms with E-state index in [0.717, 1.165) is 37.8 Å². The van der Waals surface area contributed by atoms with Gasteiger partial charge in [0.25, 0.3) is 5.78 Å². The van der Waals surface area contributed by atoms with E-state index in [4.69, 9.17) is 0 Å². The molecule has 8 bridgehead atoms. The zero-order valence-corrected chi connectivity index (χ0v) is 21.4. The highest BCUT2D eigenvalue weighted by Crippen LogP contribution is 2.20. The van der Waals surface area contributed by atoms with Crippen molar-refractivity contribution in [3.63, 3.8) is 0 Å². The fraction of sp³-hybridized carbons (Fsp3) is 0.118. The van der Waals surface area contributed by atoms with Gasteiger partial charge >= 0.3 is 5.70 Å². The molecule has 4 aromatic carbocycles. The van der Waals surface area contributed by atoms with Gasteiger partial charge in [0.15, 0.2) is 5.78 Å². The van der Waals surface area contributed by atoms with Crippen molar-refractivity contribution < 1.29 is 14.5 Å². The molecule has 0 saturated heterocycles. The summed E-state index contributed by atoms with van der Waals surface area (Å²) in [7, 11) is 0. The van der Waals surface area contributed by atoms with Crippen molar-refractivity contribution in [3.05, 3.63) is 176 Å². The Hall–Kier alpha value is -4.90. The molecule has 0 atom stereocenters. The number of hydrogen-bond acceptors (Lipinski definition) is 4. The second kappa shape index (κ2) is 11.7. The lowest BCUT2D eigenvalue weighted by molar-refractivity contribution is -0.418. The molecular formula is C34H27NO4. The number of ketones is 2. The number of rotatable bonds is 1. The van der Waals surface area contributed by atoms with Crippen LogP contribution in [-0.2, 0) is 35.3 Å². The van der Waals surface area contributed by atoms with Crippen LogP contribution < -0.4 is 0 Å². The van der Waals surface area contributed by atoms with E-state index in [1.807, 2.05) is 0 Å². The van der Waals surface area contributed by atoms with Crippen molar-refractivity contribution in [3.8, 4) is 0 Å². The molecule has 0 heterocycles. The Bertz CT molecular complexity index is 1380. The third-order valence-electron chi connectivity index (χ3n) is 6.73. The van der Waals surface area contributed by atoms with Crippen LogP contribution in [0.5, 0.6) is 0 Å². The maximum Gasteiger partial charge on any atom is 0.320 e. The normalized spacial score (nSPS) is 14.1. The number of allylic oxidation sites excluding steroid dienone is 3. The Kier molecular flexibility index (Phi) is 7.69. The summed E-state index contributed by atoms with van der Waals surface area (Å²) in [6.07, 6.45) is 6.55. The molecule has 0 N–H and O–H groups in total. The average molecular weight is 514 g/mol. The summed E-state index contributed by atoms with van der Waals surface area (Å²) in [6, 6.07) is 36.3. The third kappa shape index (κ3) is 6.90. The number of nitro groups is 1. The first kappa shape index (κ1) is 25.7. The highest BCUT2D eigenvalue weighted by Gasteiger charge is 2.23. The minimum absolute atomic E-state index is 0.531. The molecule has 192 valence electrons. The molecule has 4 aromatic rings. The molecule has 5 nitrogen and oxygen atoms in total. The van der Waals surface area contributed by atoms with Gasteiger partial charge in [0, 0.05) is 0 Å². The van der Waals surface area contributed by atoms with Crippen LogP contribution >= 0.6 is 0 Å². The molecule has 5 heteroatoms. The first-order valence-corrected chi connectivity index (χ1v) is 12.8. The molecule has 2 aliphatic carbocycles. The van der Waals surface area contributed by atoms with Crippen LogP contribution in [0.15, 0.2) is 121 Å². The zero-order valence-electron chi connectivity index (χ0n) is 21.4. The zero-order chi connectivity index (χ0) is 27.2. The van der Waals surface area contributed by atoms with Crippen LogP contribution in [0.3, 0.4) is 0 Å². The molecule has 6 rings (SSSR count). The summed E-state index contributed by atoms with van der Waals surface area (Å²) in [5.41, 5.74) is 10.4. The van der Waals surface area contributed by atoms with E-state index >= 15 is 0 Å². The van der Waals surface area contributed by atoms with Crippen LogP contribution in [-0.4, -0.2) is 16.5 Å². The standard InChI is InChI=1S/C28H24.C6H3NO4/c1-5-21-13-22(6-1)18-24-8-3-10-26(15-24)20-28-12-4-11-27(16-28)19-25-9-2-7-23(14-25)17-21;8-4-1-2-6(9)5(3-4)7(10)11/h1-16H,17-20H2;1-3H. The van der Waals surface area contributed by atoms with Crippen molar-refractivity contribution in [2.24, 2.45) is 0 Å². The quantitative estimate of drug-likeness (QED) is 0.152. The van der Waals surface area contributed by atoms with E-state index in [9.17, 15) is 19.7 Å². The predicted octanol–water partition coefficient (Wildman–Crippen LogP) is 6.22. The summed E-state index contributed by atoms with van der Waals surface area (Å²) in [4.78, 5) is 30.3. The molecule has 0 aromatic heterocycles. The summed E-state index contributed by atoms with van der Waals surface area (Å²) in [6.45, 7) is 0. The molecule has 0 fully saturated rings. The average Bonchev–Trinajstić information content (AvgIpc) is 2.91. The fourth-order valence-corrected chi connectivity index (χ4v) is 4.98. The molecule has 0 saturated carbocycles. The summed E-state index contributed by atoms with van der Waals surface area (Å²) in [5, 5.41) is 10.0. The van der Waals surface area contributed by atoms with Crippen molar-refractivity contribution in [2.45, 2.75) is 25.7 Å². The number of fused-ring (bicyclic) bond motifs is 8. The van der Waals surface area contributed by atoms with E-state index in [0.29, 0.717) is 6.08 Å². The molecular weight excluding hydrogens is 486 g/mol. The van der Waals surface area contributed by atoms with Crippen LogP contribution in [0.25, 0.3) is 0 Å². The Morgan fingerprint density at radius 3 is 1.08 bits per heavy atom.